The third kappa shape index (κ3) is 1.67. The fourth-order valence-corrected chi connectivity index (χ4v) is 2.69. The van der Waals surface area contributed by atoms with Gasteiger partial charge in [-0.05, 0) is 13.8 Å². The van der Waals surface area contributed by atoms with Crippen molar-refractivity contribution in [3.05, 3.63) is 21.4 Å². The van der Waals surface area contributed by atoms with Gasteiger partial charge in [-0.1, -0.05) is 0 Å². The maximum atomic E-state index is 12.2. The topological polar surface area (TPSA) is 81.4 Å². The highest BCUT2D eigenvalue weighted by atomic mass is 32.1. The quantitative estimate of drug-likeness (QED) is 0.835. The van der Waals surface area contributed by atoms with Gasteiger partial charge in [0, 0.05) is 6.04 Å². The van der Waals surface area contributed by atoms with Crippen molar-refractivity contribution in [1.82, 2.24) is 9.55 Å². The van der Waals surface area contributed by atoms with Gasteiger partial charge < -0.3 is 9.84 Å². The van der Waals surface area contributed by atoms with Gasteiger partial charge in [-0.15, -0.1) is 11.3 Å². The molecule has 0 radical (unpaired) electrons. The predicted molar refractivity (Wildman–Crippen MR) is 67.3 cm³/mol. The van der Waals surface area contributed by atoms with E-state index < -0.39 is 17.3 Å². The van der Waals surface area contributed by atoms with Crippen LogP contribution in [0.4, 0.5) is 0 Å². The lowest BCUT2D eigenvalue weighted by atomic mass is 10.2. The summed E-state index contributed by atoms with van der Waals surface area (Å²) < 4.78 is 5.95. The highest BCUT2D eigenvalue weighted by Gasteiger charge is 2.25. The maximum Gasteiger partial charge on any atom is 0.347 e. The fraction of sp³-hybridized carbons (Fsp3) is 0.364. The molecule has 0 spiro atoms. The molecule has 0 atom stereocenters. The lowest BCUT2D eigenvalue weighted by molar-refractivity contribution is 0.0595. The summed E-state index contributed by atoms with van der Waals surface area (Å²) in [4.78, 5) is 28.3. The minimum atomic E-state index is -0.859. The lowest BCUT2D eigenvalue weighted by Crippen LogP contribution is -2.28. The molecule has 7 heteroatoms. The third-order valence-electron chi connectivity index (χ3n) is 2.57. The van der Waals surface area contributed by atoms with Crippen LogP contribution in [0.1, 0.15) is 30.2 Å². The number of carbonyl (C=O) groups excluding carboxylic acids is 1. The first-order valence-corrected chi connectivity index (χ1v) is 6.16. The number of nitrogens with zero attached hydrogens (tertiary/aromatic N) is 2. The Morgan fingerprint density at radius 1 is 1.56 bits per heavy atom. The molecule has 0 saturated carbocycles. The van der Waals surface area contributed by atoms with Crippen LogP contribution in [0, 0.1) is 0 Å². The van der Waals surface area contributed by atoms with Crippen molar-refractivity contribution in [2.45, 2.75) is 19.9 Å². The van der Waals surface area contributed by atoms with E-state index in [2.05, 4.69) is 9.72 Å². The summed E-state index contributed by atoms with van der Waals surface area (Å²) in [5.74, 6) is -1.28. The number of carbonyl (C=O) groups is 1. The molecule has 18 heavy (non-hydrogen) atoms. The number of hydrogen-bond acceptors (Lipinski definition) is 6. The summed E-state index contributed by atoms with van der Waals surface area (Å²) in [5, 5.41) is 9.96. The second-order valence-electron chi connectivity index (χ2n) is 3.99. The van der Waals surface area contributed by atoms with Crippen molar-refractivity contribution in [3.63, 3.8) is 0 Å². The Balaban J connectivity index is 2.96. The average molecular weight is 268 g/mol. The Hall–Kier alpha value is -1.89. The van der Waals surface area contributed by atoms with Crippen LogP contribution in [0.2, 0.25) is 0 Å². The van der Waals surface area contributed by atoms with Crippen molar-refractivity contribution in [2.24, 2.45) is 0 Å². The van der Waals surface area contributed by atoms with Gasteiger partial charge in [-0.3, -0.25) is 9.36 Å². The zero-order chi connectivity index (χ0) is 13.4. The van der Waals surface area contributed by atoms with Crippen molar-refractivity contribution in [2.75, 3.05) is 7.11 Å². The zero-order valence-electron chi connectivity index (χ0n) is 10.1. The molecule has 0 bridgehead atoms. The number of rotatable bonds is 2. The van der Waals surface area contributed by atoms with Gasteiger partial charge in [0.25, 0.3) is 5.56 Å². The first-order valence-electron chi connectivity index (χ1n) is 5.28. The number of hydrogen-bond donors (Lipinski definition) is 1. The van der Waals surface area contributed by atoms with Crippen LogP contribution in [-0.2, 0) is 4.74 Å². The molecule has 6 nitrogen and oxygen atoms in total. The number of pyridine rings is 1. The van der Waals surface area contributed by atoms with Gasteiger partial charge in [-0.2, -0.15) is 0 Å². The van der Waals surface area contributed by atoms with E-state index in [1.165, 1.54) is 21.4 Å². The van der Waals surface area contributed by atoms with Crippen LogP contribution >= 0.6 is 11.3 Å². The van der Waals surface area contributed by atoms with Crippen LogP contribution in [0.5, 0.6) is 5.75 Å². The number of aromatic nitrogens is 2. The standard InChI is InChI=1S/C11H12N2O4S/c1-5(2)13-9(15)6(11(16)17-3)8(14)7-10(13)18-4-12-7/h4-5,14H,1-3H3. The van der Waals surface area contributed by atoms with E-state index in [0.29, 0.717) is 4.83 Å². The van der Waals surface area contributed by atoms with Crippen LogP contribution < -0.4 is 5.56 Å². The summed E-state index contributed by atoms with van der Waals surface area (Å²) in [6.45, 7) is 3.64. The summed E-state index contributed by atoms with van der Waals surface area (Å²) in [7, 11) is 1.16. The largest absolute Gasteiger partial charge is 0.505 e. The Morgan fingerprint density at radius 3 is 2.78 bits per heavy atom. The second kappa shape index (κ2) is 4.41. The van der Waals surface area contributed by atoms with Gasteiger partial charge in [0.2, 0.25) is 0 Å². The van der Waals surface area contributed by atoms with Gasteiger partial charge in [-0.25, -0.2) is 9.78 Å². The third-order valence-corrected chi connectivity index (χ3v) is 3.39. The molecule has 2 heterocycles. The number of ether oxygens (including phenoxy) is 1. The molecule has 2 aromatic heterocycles. The monoisotopic (exact) mass is 268 g/mol. The van der Waals surface area contributed by atoms with Crippen LogP contribution in [0.15, 0.2) is 10.3 Å². The van der Waals surface area contributed by atoms with Gasteiger partial charge in [0.05, 0.1) is 12.6 Å². The van der Waals surface area contributed by atoms with E-state index in [-0.39, 0.29) is 17.1 Å². The first-order chi connectivity index (χ1) is 8.49. The molecule has 2 rings (SSSR count). The zero-order valence-corrected chi connectivity index (χ0v) is 10.9. The highest BCUT2D eigenvalue weighted by molar-refractivity contribution is 7.16. The van der Waals surface area contributed by atoms with Crippen LogP contribution in [-0.4, -0.2) is 27.7 Å². The molecule has 0 aliphatic heterocycles. The molecule has 0 aliphatic rings. The van der Waals surface area contributed by atoms with E-state index in [9.17, 15) is 14.7 Å². The number of aromatic hydroxyl groups is 1. The fourth-order valence-electron chi connectivity index (χ4n) is 1.76. The van der Waals surface area contributed by atoms with Gasteiger partial charge >= 0.3 is 5.97 Å². The van der Waals surface area contributed by atoms with E-state index in [1.54, 1.807) is 0 Å². The molecule has 1 N–H and O–H groups in total. The van der Waals surface area contributed by atoms with Crippen molar-refractivity contribution in [3.8, 4) is 5.75 Å². The molecule has 0 fully saturated rings. The predicted octanol–water partition coefficient (Wildman–Crippen LogP) is 1.53. The number of thiazole rings is 1. The van der Waals surface area contributed by atoms with E-state index >= 15 is 0 Å². The Labute approximate surface area is 106 Å². The summed E-state index contributed by atoms with van der Waals surface area (Å²) >= 11 is 1.24. The minimum absolute atomic E-state index is 0.149. The highest BCUT2D eigenvalue weighted by Crippen LogP contribution is 2.29. The summed E-state index contributed by atoms with van der Waals surface area (Å²) in [6.07, 6.45) is 0. The second-order valence-corrected chi connectivity index (χ2v) is 4.82. The van der Waals surface area contributed by atoms with Gasteiger partial charge in [0.15, 0.2) is 11.3 Å². The number of esters is 1. The first kappa shape index (κ1) is 12.6. The lowest BCUT2D eigenvalue weighted by Gasteiger charge is -2.13. The summed E-state index contributed by atoms with van der Waals surface area (Å²) in [5.41, 5.74) is 0.827. The average Bonchev–Trinajstić information content (AvgIpc) is 2.77. The molecule has 0 amide bonds. The van der Waals surface area contributed by atoms with Crippen molar-refractivity contribution < 1.29 is 14.6 Å². The molecule has 0 unspecified atom stereocenters. The summed E-state index contributed by atoms with van der Waals surface area (Å²) in [6, 6.07) is -0.149. The van der Waals surface area contributed by atoms with Gasteiger partial charge in [0.1, 0.15) is 10.3 Å². The molecular weight excluding hydrogens is 256 g/mol. The number of fused-ring (bicyclic) bond motifs is 1. The van der Waals surface area contributed by atoms with E-state index in [1.807, 2.05) is 13.8 Å². The molecule has 96 valence electrons. The molecular formula is C11H12N2O4S. The Kier molecular flexibility index (Phi) is 3.08. The smallest absolute Gasteiger partial charge is 0.347 e. The molecule has 2 aromatic rings. The van der Waals surface area contributed by atoms with Crippen molar-refractivity contribution in [1.29, 1.82) is 0 Å². The SMILES string of the molecule is COC(=O)c1c(O)c2ncsc2n(C(C)C)c1=O. The minimum Gasteiger partial charge on any atom is -0.505 e. The molecule has 0 aromatic carbocycles. The number of methoxy groups -OCH3 is 1. The Morgan fingerprint density at radius 2 is 2.22 bits per heavy atom. The molecule has 0 saturated heterocycles. The van der Waals surface area contributed by atoms with E-state index in [4.69, 9.17) is 0 Å². The normalized spacial score (nSPS) is 11.1. The maximum absolute atomic E-state index is 12.2. The van der Waals surface area contributed by atoms with E-state index in [0.717, 1.165) is 7.11 Å². The van der Waals surface area contributed by atoms with Crippen molar-refractivity contribution >= 4 is 27.7 Å². The van der Waals surface area contributed by atoms with Crippen LogP contribution in [0.3, 0.4) is 0 Å². The Bertz CT molecular complexity index is 671. The molecule has 0 aliphatic carbocycles. The van der Waals surface area contributed by atoms with Crippen LogP contribution in [0.25, 0.3) is 10.3 Å².